The van der Waals surface area contributed by atoms with Crippen LogP contribution in [0.25, 0.3) is 0 Å². The number of carbonyl (C=O) groups is 1. The number of carbonyl (C=O) groups excluding carboxylic acids is 1. The van der Waals surface area contributed by atoms with Gasteiger partial charge in [-0.25, -0.2) is 0 Å². The molecule has 138 valence electrons. The molecule has 0 aliphatic rings. The number of rotatable bonds is 7. The largest absolute Gasteiger partial charge is 0.457 e. The van der Waals surface area contributed by atoms with Gasteiger partial charge in [-0.2, -0.15) is 0 Å². The van der Waals surface area contributed by atoms with Crippen molar-refractivity contribution < 1.29 is 9.53 Å². The van der Waals surface area contributed by atoms with Crippen molar-refractivity contribution in [2.75, 3.05) is 23.3 Å². The van der Waals surface area contributed by atoms with Crippen LogP contribution in [0.4, 0.5) is 11.4 Å². The van der Waals surface area contributed by atoms with Gasteiger partial charge >= 0.3 is 0 Å². The van der Waals surface area contributed by atoms with Crippen molar-refractivity contribution in [3.05, 3.63) is 84.4 Å². The van der Waals surface area contributed by atoms with Gasteiger partial charge in [0.1, 0.15) is 11.5 Å². The zero-order valence-corrected chi connectivity index (χ0v) is 15.7. The van der Waals surface area contributed by atoms with E-state index in [-0.39, 0.29) is 5.91 Å². The maximum absolute atomic E-state index is 12.5. The molecule has 0 atom stereocenters. The summed E-state index contributed by atoms with van der Waals surface area (Å²) in [6.45, 7) is 6.17. The Kier molecular flexibility index (Phi) is 6.10. The summed E-state index contributed by atoms with van der Waals surface area (Å²) in [7, 11) is 0. The maximum atomic E-state index is 12.5. The first-order chi connectivity index (χ1) is 13.2. The second kappa shape index (κ2) is 8.90. The molecule has 27 heavy (non-hydrogen) atoms. The highest BCUT2D eigenvalue weighted by molar-refractivity contribution is 6.04. The minimum atomic E-state index is -0.142. The lowest BCUT2D eigenvalue weighted by Crippen LogP contribution is -2.21. The zero-order chi connectivity index (χ0) is 19.1. The fraction of sp³-hybridized carbons (Fsp3) is 0.174. The summed E-state index contributed by atoms with van der Waals surface area (Å²) in [5.74, 6) is 1.32. The van der Waals surface area contributed by atoms with Crippen LogP contribution in [-0.2, 0) is 0 Å². The molecule has 0 heterocycles. The summed E-state index contributed by atoms with van der Waals surface area (Å²) in [5, 5.41) is 2.93. The fourth-order valence-electron chi connectivity index (χ4n) is 2.85. The second-order valence-electron chi connectivity index (χ2n) is 6.11. The van der Waals surface area contributed by atoms with Crippen LogP contribution in [0.3, 0.4) is 0 Å². The Balaban J connectivity index is 1.62. The quantitative estimate of drug-likeness (QED) is 0.598. The van der Waals surface area contributed by atoms with Gasteiger partial charge in [-0.15, -0.1) is 0 Å². The van der Waals surface area contributed by atoms with E-state index in [2.05, 4.69) is 24.1 Å². The van der Waals surface area contributed by atoms with E-state index in [1.807, 2.05) is 54.6 Å². The molecule has 0 saturated heterocycles. The number of para-hydroxylation sites is 1. The van der Waals surface area contributed by atoms with Crippen molar-refractivity contribution in [3.63, 3.8) is 0 Å². The highest BCUT2D eigenvalue weighted by Gasteiger charge is 2.08. The lowest BCUT2D eigenvalue weighted by molar-refractivity contribution is 0.102. The number of benzene rings is 3. The van der Waals surface area contributed by atoms with Crippen molar-refractivity contribution in [2.24, 2.45) is 0 Å². The normalized spacial score (nSPS) is 10.3. The smallest absolute Gasteiger partial charge is 0.255 e. The Labute approximate surface area is 160 Å². The number of anilines is 2. The molecule has 0 spiro atoms. The average Bonchev–Trinajstić information content (AvgIpc) is 2.71. The topological polar surface area (TPSA) is 41.6 Å². The molecule has 3 aromatic carbocycles. The molecule has 0 fully saturated rings. The van der Waals surface area contributed by atoms with E-state index >= 15 is 0 Å². The van der Waals surface area contributed by atoms with E-state index in [1.165, 1.54) is 0 Å². The van der Waals surface area contributed by atoms with Crippen LogP contribution >= 0.6 is 0 Å². The van der Waals surface area contributed by atoms with Crippen molar-refractivity contribution in [3.8, 4) is 11.5 Å². The van der Waals surface area contributed by atoms with E-state index in [0.717, 1.165) is 30.2 Å². The molecule has 0 aromatic heterocycles. The van der Waals surface area contributed by atoms with Gasteiger partial charge in [0, 0.05) is 30.0 Å². The molecule has 1 amide bonds. The van der Waals surface area contributed by atoms with E-state index in [1.54, 1.807) is 24.3 Å². The summed E-state index contributed by atoms with van der Waals surface area (Å²) in [5.41, 5.74) is 2.52. The standard InChI is InChI=1S/C23H24N2O2/c1-3-25(4-2)20-14-12-19(13-15-20)24-23(26)18-10-16-22(17-11-18)27-21-8-6-5-7-9-21/h5-17H,3-4H2,1-2H3,(H,24,26). The molecule has 3 aromatic rings. The van der Waals surface area contributed by atoms with Crippen LogP contribution in [0, 0.1) is 0 Å². The molecule has 4 heteroatoms. The highest BCUT2D eigenvalue weighted by atomic mass is 16.5. The summed E-state index contributed by atoms with van der Waals surface area (Å²) in [6, 6.07) is 24.6. The summed E-state index contributed by atoms with van der Waals surface area (Å²) < 4.78 is 5.75. The number of amides is 1. The fourth-order valence-corrected chi connectivity index (χ4v) is 2.85. The second-order valence-corrected chi connectivity index (χ2v) is 6.11. The average molecular weight is 360 g/mol. The van der Waals surface area contributed by atoms with E-state index in [4.69, 9.17) is 4.74 Å². The lowest BCUT2D eigenvalue weighted by atomic mass is 10.2. The Morgan fingerprint density at radius 2 is 1.41 bits per heavy atom. The summed E-state index contributed by atoms with van der Waals surface area (Å²) in [6.07, 6.45) is 0. The number of hydrogen-bond donors (Lipinski definition) is 1. The molecule has 0 bridgehead atoms. The molecular formula is C23H24N2O2. The van der Waals surface area contributed by atoms with Gasteiger partial charge in [-0.3, -0.25) is 4.79 Å². The summed E-state index contributed by atoms with van der Waals surface area (Å²) in [4.78, 5) is 14.7. The first-order valence-corrected chi connectivity index (χ1v) is 9.19. The number of ether oxygens (including phenoxy) is 1. The number of nitrogens with zero attached hydrogens (tertiary/aromatic N) is 1. The first-order valence-electron chi connectivity index (χ1n) is 9.19. The van der Waals surface area contributed by atoms with Gasteiger partial charge in [0.25, 0.3) is 5.91 Å². The van der Waals surface area contributed by atoms with E-state index < -0.39 is 0 Å². The van der Waals surface area contributed by atoms with Gasteiger partial charge in [-0.1, -0.05) is 18.2 Å². The van der Waals surface area contributed by atoms with Crippen LogP contribution < -0.4 is 15.0 Å². The monoisotopic (exact) mass is 360 g/mol. The van der Waals surface area contributed by atoms with Crippen molar-refractivity contribution in [1.29, 1.82) is 0 Å². The zero-order valence-electron chi connectivity index (χ0n) is 15.7. The van der Waals surface area contributed by atoms with Crippen LogP contribution in [0.1, 0.15) is 24.2 Å². The number of nitrogens with one attached hydrogen (secondary N) is 1. The first kappa shape index (κ1) is 18.5. The molecule has 0 saturated carbocycles. The Hall–Kier alpha value is -3.27. The van der Waals surface area contributed by atoms with Crippen molar-refractivity contribution in [1.82, 2.24) is 0 Å². The molecule has 3 rings (SSSR count). The molecule has 1 N–H and O–H groups in total. The third-order valence-corrected chi connectivity index (χ3v) is 4.35. The van der Waals surface area contributed by atoms with Crippen LogP contribution in [0.2, 0.25) is 0 Å². The molecule has 0 unspecified atom stereocenters. The Bertz CT molecular complexity index is 855. The Morgan fingerprint density at radius 1 is 0.815 bits per heavy atom. The van der Waals surface area contributed by atoms with E-state index in [0.29, 0.717) is 11.3 Å². The summed E-state index contributed by atoms with van der Waals surface area (Å²) >= 11 is 0. The van der Waals surface area contributed by atoms with E-state index in [9.17, 15) is 4.79 Å². The maximum Gasteiger partial charge on any atom is 0.255 e. The molecular weight excluding hydrogens is 336 g/mol. The van der Waals surface area contributed by atoms with Crippen LogP contribution in [0.15, 0.2) is 78.9 Å². The van der Waals surface area contributed by atoms with Crippen LogP contribution in [-0.4, -0.2) is 19.0 Å². The molecule has 0 aliphatic carbocycles. The third-order valence-electron chi connectivity index (χ3n) is 4.35. The van der Waals surface area contributed by atoms with Crippen molar-refractivity contribution >= 4 is 17.3 Å². The van der Waals surface area contributed by atoms with Gasteiger partial charge in [-0.05, 0) is 74.5 Å². The van der Waals surface area contributed by atoms with Gasteiger partial charge in [0.05, 0.1) is 0 Å². The van der Waals surface area contributed by atoms with Crippen LogP contribution in [0.5, 0.6) is 11.5 Å². The van der Waals surface area contributed by atoms with Gasteiger partial charge < -0.3 is 15.0 Å². The Morgan fingerprint density at radius 3 is 2.00 bits per heavy atom. The number of hydrogen-bond acceptors (Lipinski definition) is 3. The predicted octanol–water partition coefficient (Wildman–Crippen LogP) is 5.58. The van der Waals surface area contributed by atoms with Gasteiger partial charge in [0.2, 0.25) is 0 Å². The lowest BCUT2D eigenvalue weighted by Gasteiger charge is -2.21. The van der Waals surface area contributed by atoms with Crippen molar-refractivity contribution in [2.45, 2.75) is 13.8 Å². The third kappa shape index (κ3) is 4.88. The minimum Gasteiger partial charge on any atom is -0.457 e. The predicted molar refractivity (Wildman–Crippen MR) is 111 cm³/mol. The molecule has 0 aliphatic heterocycles. The minimum absolute atomic E-state index is 0.142. The highest BCUT2D eigenvalue weighted by Crippen LogP contribution is 2.22. The molecule has 0 radical (unpaired) electrons. The van der Waals surface area contributed by atoms with Gasteiger partial charge in [0.15, 0.2) is 0 Å². The molecule has 4 nitrogen and oxygen atoms in total. The SMILES string of the molecule is CCN(CC)c1ccc(NC(=O)c2ccc(Oc3ccccc3)cc2)cc1.